The lowest BCUT2D eigenvalue weighted by Gasteiger charge is -2.56. The summed E-state index contributed by atoms with van der Waals surface area (Å²) in [6, 6.07) is 3.44. The molecule has 7 N–H and O–H groups in total. The van der Waals surface area contributed by atoms with Crippen LogP contribution in [0.15, 0.2) is 40.9 Å². The van der Waals surface area contributed by atoms with Crippen LogP contribution in [0.2, 0.25) is 0 Å². The summed E-state index contributed by atoms with van der Waals surface area (Å²) < 4.78 is 5.34. The molecule has 178 valence electrons. The summed E-state index contributed by atoms with van der Waals surface area (Å²) in [5.74, 6) is -6.17. The number of carbonyl (C=O) groups excluding carboxylic acids is 2. The Labute approximate surface area is 190 Å². The van der Waals surface area contributed by atoms with Gasteiger partial charge in [-0.3, -0.25) is 14.5 Å². The first-order valence-electron chi connectivity index (χ1n) is 10.5. The molecule has 0 bridgehead atoms. The Morgan fingerprint density at radius 1 is 1.21 bits per heavy atom. The quantitative estimate of drug-likeness (QED) is 0.365. The summed E-state index contributed by atoms with van der Waals surface area (Å²) in [7, 11) is 4.28. The van der Waals surface area contributed by atoms with Crippen LogP contribution in [0.5, 0.6) is 5.75 Å². The van der Waals surface area contributed by atoms with Gasteiger partial charge in [0.25, 0.3) is 5.91 Å². The zero-order valence-electron chi connectivity index (χ0n) is 18.7. The van der Waals surface area contributed by atoms with E-state index in [-0.39, 0.29) is 16.9 Å². The van der Waals surface area contributed by atoms with Crippen LogP contribution >= 0.6 is 0 Å². The van der Waals surface area contributed by atoms with Crippen LogP contribution in [-0.2, 0) is 9.53 Å². The minimum Gasteiger partial charge on any atom is -0.510 e. The Morgan fingerprint density at radius 3 is 2.39 bits per heavy atom. The molecule has 10 heteroatoms. The molecule has 1 aromatic carbocycles. The number of carbonyl (C=O) groups is 2. The number of Topliss-reactive ketones (excluding diaryl/α,β-unsaturated/α-hetero) is 1. The molecule has 33 heavy (non-hydrogen) atoms. The largest absolute Gasteiger partial charge is 0.510 e. The molecule has 0 fully saturated rings. The van der Waals surface area contributed by atoms with Crippen molar-refractivity contribution in [2.75, 3.05) is 21.2 Å². The summed E-state index contributed by atoms with van der Waals surface area (Å²) in [5, 5.41) is 56.3. The fourth-order valence-corrected chi connectivity index (χ4v) is 6.03. The third-order valence-corrected chi connectivity index (χ3v) is 7.40. The first-order valence-corrected chi connectivity index (χ1v) is 10.5. The molecule has 10 nitrogen and oxygen atoms in total. The molecule has 3 aliphatic rings. The van der Waals surface area contributed by atoms with Gasteiger partial charge >= 0.3 is 0 Å². The average molecular weight is 460 g/mol. The second-order valence-electron chi connectivity index (χ2n) is 9.18. The molecule has 7 atom stereocenters. The minimum atomic E-state index is -2.47. The normalized spacial score (nSPS) is 35.9. The van der Waals surface area contributed by atoms with E-state index in [2.05, 4.69) is 0 Å². The van der Waals surface area contributed by atoms with Gasteiger partial charge in [0.15, 0.2) is 11.4 Å². The van der Waals surface area contributed by atoms with Crippen molar-refractivity contribution in [2.45, 2.75) is 36.7 Å². The molecular weight excluding hydrogens is 432 g/mol. The molecule has 4 rings (SSSR count). The first-order chi connectivity index (χ1) is 15.4. The first kappa shape index (κ1) is 23.2. The van der Waals surface area contributed by atoms with Gasteiger partial charge in [-0.2, -0.15) is 0 Å². The Kier molecular flexibility index (Phi) is 5.32. The summed E-state index contributed by atoms with van der Waals surface area (Å²) in [6.07, 6.45) is -3.11. The van der Waals surface area contributed by atoms with Crippen molar-refractivity contribution in [1.82, 2.24) is 4.90 Å². The highest BCUT2D eigenvalue weighted by Gasteiger charge is 2.67. The maximum absolute atomic E-state index is 13.5. The number of aromatic hydroxyl groups is 1. The number of ether oxygens (including phenoxy) is 1. The van der Waals surface area contributed by atoms with Gasteiger partial charge in [0.05, 0.1) is 23.3 Å². The number of methoxy groups -OCH3 is 1. The van der Waals surface area contributed by atoms with Gasteiger partial charge in [-0.15, -0.1) is 0 Å². The van der Waals surface area contributed by atoms with E-state index in [9.17, 15) is 35.1 Å². The zero-order chi connectivity index (χ0) is 24.6. The lowest BCUT2D eigenvalue weighted by Crippen LogP contribution is -2.70. The Morgan fingerprint density at radius 2 is 1.85 bits per heavy atom. The van der Waals surface area contributed by atoms with Crippen molar-refractivity contribution < 1.29 is 39.9 Å². The van der Waals surface area contributed by atoms with E-state index >= 15 is 0 Å². The predicted molar refractivity (Wildman–Crippen MR) is 116 cm³/mol. The average Bonchev–Trinajstić information content (AvgIpc) is 2.74. The lowest BCUT2D eigenvalue weighted by atomic mass is 9.54. The molecule has 0 heterocycles. The molecule has 0 saturated carbocycles. The van der Waals surface area contributed by atoms with E-state index in [0.717, 1.165) is 7.11 Å². The van der Waals surface area contributed by atoms with Crippen LogP contribution in [-0.4, -0.2) is 87.2 Å². The monoisotopic (exact) mass is 460 g/mol. The molecule has 0 aromatic heterocycles. The number of amides is 1. The zero-order valence-corrected chi connectivity index (χ0v) is 18.7. The van der Waals surface area contributed by atoms with E-state index in [1.807, 2.05) is 0 Å². The Bertz CT molecular complexity index is 1110. The number of ketones is 1. The minimum absolute atomic E-state index is 0.0282. The van der Waals surface area contributed by atoms with Crippen LogP contribution in [0.25, 0.3) is 0 Å². The third kappa shape index (κ3) is 2.81. The van der Waals surface area contributed by atoms with E-state index in [1.54, 1.807) is 33.2 Å². The second-order valence-corrected chi connectivity index (χ2v) is 9.18. The number of benzene rings is 1. The maximum atomic E-state index is 13.5. The Hall–Kier alpha value is -2.92. The number of nitrogens with two attached hydrogens (primary N) is 1. The highest BCUT2D eigenvalue weighted by Crippen LogP contribution is 2.56. The number of hydrogen-bond acceptors (Lipinski definition) is 9. The molecule has 1 unspecified atom stereocenters. The highest BCUT2D eigenvalue weighted by atomic mass is 16.5. The molecule has 1 amide bonds. The van der Waals surface area contributed by atoms with Crippen molar-refractivity contribution in [3.05, 3.63) is 52.0 Å². The smallest absolute Gasteiger partial charge is 0.250 e. The van der Waals surface area contributed by atoms with E-state index in [0.29, 0.717) is 5.56 Å². The van der Waals surface area contributed by atoms with Gasteiger partial charge < -0.3 is 36.0 Å². The number of aliphatic hydroxyl groups excluding tert-OH is 3. The number of likely N-dealkylation sites (N-methyl/N-ethyl adjacent to an activating group) is 1. The van der Waals surface area contributed by atoms with Crippen molar-refractivity contribution >= 4 is 11.7 Å². The van der Waals surface area contributed by atoms with Crippen LogP contribution < -0.4 is 5.73 Å². The second kappa shape index (κ2) is 7.56. The number of aliphatic hydroxyl groups is 4. The third-order valence-electron chi connectivity index (χ3n) is 7.40. The maximum Gasteiger partial charge on any atom is 0.250 e. The standard InChI is InChI=1S/C23H28N2O8/c1-8-9-6-5-7-10(26)12(9)17(27)13-11(8)18(28)15-16(25(2)3)19(29)14(22(24)31)21(33-4)23(15,32)20(13)30/h5-8,11,15-16,18,21,26,28-30,32H,1-4H3,(H2,24,31)/t8-,11+,15+,16-,18-,21?,23-/m0/s1. The summed E-state index contributed by atoms with van der Waals surface area (Å²) >= 11 is 0. The molecule has 0 spiro atoms. The molecule has 3 aliphatic carbocycles. The van der Waals surface area contributed by atoms with Gasteiger partial charge in [-0.25, -0.2) is 0 Å². The van der Waals surface area contributed by atoms with Gasteiger partial charge in [0.2, 0.25) is 0 Å². The van der Waals surface area contributed by atoms with Crippen molar-refractivity contribution in [3.63, 3.8) is 0 Å². The topological polar surface area (TPSA) is 174 Å². The molecule has 1 aromatic rings. The fraction of sp³-hybridized carbons (Fsp3) is 0.478. The number of phenolic OH excluding ortho intramolecular Hbond substituents is 1. The number of hydrogen-bond donors (Lipinski definition) is 6. The van der Waals surface area contributed by atoms with Gasteiger partial charge in [0.1, 0.15) is 23.4 Å². The summed E-state index contributed by atoms with van der Waals surface area (Å²) in [4.78, 5) is 27.2. The predicted octanol–water partition coefficient (Wildman–Crippen LogP) is 0.0983. The van der Waals surface area contributed by atoms with Crippen LogP contribution in [0.3, 0.4) is 0 Å². The van der Waals surface area contributed by atoms with Crippen LogP contribution in [0.4, 0.5) is 0 Å². The number of rotatable bonds is 3. The van der Waals surface area contributed by atoms with Crippen molar-refractivity contribution in [2.24, 2.45) is 17.6 Å². The van der Waals surface area contributed by atoms with Crippen molar-refractivity contribution in [3.8, 4) is 5.75 Å². The lowest BCUT2D eigenvalue weighted by molar-refractivity contribution is -0.182. The van der Waals surface area contributed by atoms with Gasteiger partial charge in [-0.05, 0) is 31.6 Å². The van der Waals surface area contributed by atoms with Crippen molar-refractivity contribution in [1.29, 1.82) is 0 Å². The van der Waals surface area contributed by atoms with Crippen LogP contribution in [0, 0.1) is 11.8 Å². The molecule has 0 radical (unpaired) electrons. The summed E-state index contributed by atoms with van der Waals surface area (Å²) in [5.41, 5.74) is 2.74. The van der Waals surface area contributed by atoms with Crippen LogP contribution in [0.1, 0.15) is 28.8 Å². The van der Waals surface area contributed by atoms with E-state index < -0.39 is 70.4 Å². The number of nitrogens with zero attached hydrogens (tertiary/aromatic N) is 1. The van der Waals surface area contributed by atoms with E-state index in [1.165, 1.54) is 11.0 Å². The number of fused-ring (bicyclic) bond motifs is 3. The van der Waals surface area contributed by atoms with Gasteiger partial charge in [-0.1, -0.05) is 19.1 Å². The van der Waals surface area contributed by atoms with E-state index in [4.69, 9.17) is 10.5 Å². The number of phenols is 1. The van der Waals surface area contributed by atoms with Gasteiger partial charge in [0, 0.05) is 24.5 Å². The Balaban J connectivity index is 2.07. The molecule has 0 saturated heterocycles. The fourth-order valence-electron chi connectivity index (χ4n) is 6.03. The number of primary amides is 1. The SMILES string of the molecule is COC1C(C(N)=O)=C(O)[C@@H](N(C)C)[C@@H]2[C@@H](O)[C@H]3C(=C(O)[C@]12O)C(=O)c1c(O)cccc1[C@@H]3C. The molecule has 0 aliphatic heterocycles. The summed E-state index contributed by atoms with van der Waals surface area (Å²) in [6.45, 7) is 1.74. The molecular formula is C23H28N2O8. The highest BCUT2D eigenvalue weighted by molar-refractivity contribution is 6.14.